The Labute approximate surface area is 129 Å². The summed E-state index contributed by atoms with van der Waals surface area (Å²) in [6, 6.07) is 14.1. The fourth-order valence-electron chi connectivity index (χ4n) is 2.85. The SMILES string of the molecule is COCC(O)CNC(=O)c1ccc2c(c1)Cc1ccccc1-2. The number of carbonyl (C=O) groups is 1. The number of amides is 1. The Morgan fingerprint density at radius 2 is 2.00 bits per heavy atom. The number of fused-ring (bicyclic) bond motifs is 3. The summed E-state index contributed by atoms with van der Waals surface area (Å²) in [4.78, 5) is 12.2. The maximum Gasteiger partial charge on any atom is 0.251 e. The highest BCUT2D eigenvalue weighted by Gasteiger charge is 2.19. The van der Waals surface area contributed by atoms with Crippen molar-refractivity contribution in [2.45, 2.75) is 12.5 Å². The first-order valence-corrected chi connectivity index (χ1v) is 7.35. The Hall–Kier alpha value is -2.17. The van der Waals surface area contributed by atoms with Gasteiger partial charge in [-0.25, -0.2) is 0 Å². The molecule has 114 valence electrons. The molecule has 4 nitrogen and oxygen atoms in total. The summed E-state index contributed by atoms with van der Waals surface area (Å²) in [6.07, 6.45) is 0.173. The quantitative estimate of drug-likeness (QED) is 0.757. The van der Waals surface area contributed by atoms with E-state index in [4.69, 9.17) is 4.74 Å². The van der Waals surface area contributed by atoms with E-state index in [1.807, 2.05) is 30.3 Å². The highest BCUT2D eigenvalue weighted by molar-refractivity contribution is 5.95. The van der Waals surface area contributed by atoms with Gasteiger partial charge in [0.1, 0.15) is 0 Å². The average Bonchev–Trinajstić information content (AvgIpc) is 2.90. The van der Waals surface area contributed by atoms with Crippen molar-refractivity contribution in [3.05, 3.63) is 59.2 Å². The molecule has 0 fully saturated rings. The first-order chi connectivity index (χ1) is 10.7. The van der Waals surface area contributed by atoms with Crippen LogP contribution in [0.5, 0.6) is 0 Å². The van der Waals surface area contributed by atoms with E-state index in [0.717, 1.165) is 6.42 Å². The molecule has 0 bridgehead atoms. The molecule has 0 spiro atoms. The van der Waals surface area contributed by atoms with Gasteiger partial charge in [-0.3, -0.25) is 4.79 Å². The molecule has 3 rings (SSSR count). The fourth-order valence-corrected chi connectivity index (χ4v) is 2.85. The summed E-state index contributed by atoms with van der Waals surface area (Å²) in [5.41, 5.74) is 5.54. The number of rotatable bonds is 5. The van der Waals surface area contributed by atoms with E-state index in [0.29, 0.717) is 5.56 Å². The lowest BCUT2D eigenvalue weighted by atomic mass is 10.0. The Bertz CT molecular complexity index is 696. The predicted molar refractivity (Wildman–Crippen MR) is 84.9 cm³/mol. The molecular weight excluding hydrogens is 278 g/mol. The van der Waals surface area contributed by atoms with E-state index in [2.05, 4.69) is 17.4 Å². The number of hydrogen-bond acceptors (Lipinski definition) is 3. The molecule has 0 aromatic heterocycles. The van der Waals surface area contributed by atoms with Crippen molar-refractivity contribution >= 4 is 5.91 Å². The first kappa shape index (κ1) is 14.8. The molecule has 0 saturated carbocycles. The second-order valence-electron chi connectivity index (χ2n) is 5.53. The summed E-state index contributed by atoms with van der Waals surface area (Å²) in [6.45, 7) is 0.393. The monoisotopic (exact) mass is 297 g/mol. The summed E-state index contributed by atoms with van der Waals surface area (Å²) in [5, 5.41) is 12.3. The van der Waals surface area contributed by atoms with Gasteiger partial charge in [-0.15, -0.1) is 0 Å². The molecule has 22 heavy (non-hydrogen) atoms. The van der Waals surface area contributed by atoms with E-state index in [-0.39, 0.29) is 19.1 Å². The Morgan fingerprint density at radius 1 is 1.23 bits per heavy atom. The minimum absolute atomic E-state index is 0.172. The van der Waals surface area contributed by atoms with Gasteiger partial charge in [0.15, 0.2) is 0 Å². The number of hydrogen-bond donors (Lipinski definition) is 2. The summed E-state index contributed by atoms with van der Waals surface area (Å²) < 4.78 is 4.84. The predicted octanol–water partition coefficient (Wildman–Crippen LogP) is 1.99. The number of ether oxygens (including phenoxy) is 1. The minimum Gasteiger partial charge on any atom is -0.389 e. The second kappa shape index (κ2) is 6.30. The van der Waals surface area contributed by atoms with E-state index < -0.39 is 6.10 Å². The molecule has 0 aliphatic heterocycles. The zero-order chi connectivity index (χ0) is 15.5. The van der Waals surface area contributed by atoms with E-state index in [9.17, 15) is 9.90 Å². The van der Waals surface area contributed by atoms with Gasteiger partial charge in [-0.2, -0.15) is 0 Å². The summed E-state index contributed by atoms with van der Waals surface area (Å²) in [7, 11) is 1.52. The van der Waals surface area contributed by atoms with Crippen LogP contribution in [0.15, 0.2) is 42.5 Å². The van der Waals surface area contributed by atoms with Crippen LogP contribution >= 0.6 is 0 Å². The zero-order valence-corrected chi connectivity index (χ0v) is 12.5. The first-order valence-electron chi connectivity index (χ1n) is 7.35. The molecule has 1 aliphatic carbocycles. The second-order valence-corrected chi connectivity index (χ2v) is 5.53. The van der Waals surface area contributed by atoms with Gasteiger partial charge in [0.05, 0.1) is 12.7 Å². The van der Waals surface area contributed by atoms with E-state index in [1.165, 1.54) is 29.4 Å². The van der Waals surface area contributed by atoms with Crippen LogP contribution in [0.4, 0.5) is 0 Å². The van der Waals surface area contributed by atoms with Gasteiger partial charge in [-0.05, 0) is 40.8 Å². The van der Waals surface area contributed by atoms with E-state index >= 15 is 0 Å². The molecule has 1 atom stereocenters. The van der Waals surface area contributed by atoms with Crippen molar-refractivity contribution in [3.63, 3.8) is 0 Å². The smallest absolute Gasteiger partial charge is 0.251 e. The number of benzene rings is 2. The largest absolute Gasteiger partial charge is 0.389 e. The third-order valence-corrected chi connectivity index (χ3v) is 3.91. The zero-order valence-electron chi connectivity index (χ0n) is 12.5. The van der Waals surface area contributed by atoms with Crippen molar-refractivity contribution in [1.29, 1.82) is 0 Å². The van der Waals surface area contributed by atoms with Crippen LogP contribution in [0.3, 0.4) is 0 Å². The molecule has 2 aromatic rings. The molecular formula is C18H19NO3. The van der Waals surface area contributed by atoms with Crippen LogP contribution in [-0.2, 0) is 11.2 Å². The third kappa shape index (κ3) is 2.89. The number of nitrogens with one attached hydrogen (secondary N) is 1. The van der Waals surface area contributed by atoms with Gasteiger partial charge in [0, 0.05) is 19.2 Å². The Balaban J connectivity index is 1.73. The average molecular weight is 297 g/mol. The van der Waals surface area contributed by atoms with Crippen LogP contribution in [0, 0.1) is 0 Å². The molecule has 0 heterocycles. The van der Waals surface area contributed by atoms with Crippen molar-refractivity contribution in [2.24, 2.45) is 0 Å². The van der Waals surface area contributed by atoms with Crippen LogP contribution in [0.25, 0.3) is 11.1 Å². The Kier molecular flexibility index (Phi) is 4.22. The third-order valence-electron chi connectivity index (χ3n) is 3.91. The highest BCUT2D eigenvalue weighted by Crippen LogP contribution is 2.36. The van der Waals surface area contributed by atoms with Gasteiger partial charge in [0.2, 0.25) is 0 Å². The van der Waals surface area contributed by atoms with Crippen LogP contribution in [0.2, 0.25) is 0 Å². The minimum atomic E-state index is -0.687. The van der Waals surface area contributed by atoms with Crippen molar-refractivity contribution < 1.29 is 14.6 Å². The van der Waals surface area contributed by atoms with Crippen molar-refractivity contribution in [2.75, 3.05) is 20.3 Å². The summed E-state index contributed by atoms with van der Waals surface area (Å²) in [5.74, 6) is -0.172. The molecule has 1 aliphatic rings. The molecule has 0 radical (unpaired) electrons. The van der Waals surface area contributed by atoms with E-state index in [1.54, 1.807) is 0 Å². The lowest BCUT2D eigenvalue weighted by Crippen LogP contribution is -2.34. The van der Waals surface area contributed by atoms with Crippen LogP contribution in [0.1, 0.15) is 21.5 Å². The maximum absolute atomic E-state index is 12.2. The number of aliphatic hydroxyl groups is 1. The standard InChI is InChI=1S/C18H19NO3/c1-22-11-15(20)10-19-18(21)13-6-7-17-14(9-13)8-12-4-2-3-5-16(12)17/h2-7,9,15,20H,8,10-11H2,1H3,(H,19,21). The fraction of sp³-hybridized carbons (Fsp3) is 0.278. The molecule has 1 unspecified atom stereocenters. The van der Waals surface area contributed by atoms with Gasteiger partial charge in [-0.1, -0.05) is 30.3 Å². The van der Waals surface area contributed by atoms with Gasteiger partial charge in [0.25, 0.3) is 5.91 Å². The van der Waals surface area contributed by atoms with Crippen LogP contribution in [-0.4, -0.2) is 37.4 Å². The highest BCUT2D eigenvalue weighted by atomic mass is 16.5. The Morgan fingerprint density at radius 3 is 2.82 bits per heavy atom. The lowest BCUT2D eigenvalue weighted by molar-refractivity contribution is 0.0610. The molecule has 2 N–H and O–H groups in total. The number of methoxy groups -OCH3 is 1. The molecule has 2 aromatic carbocycles. The topological polar surface area (TPSA) is 58.6 Å². The molecule has 4 heteroatoms. The van der Waals surface area contributed by atoms with Gasteiger partial charge >= 0.3 is 0 Å². The summed E-state index contributed by atoms with van der Waals surface area (Å²) >= 11 is 0. The van der Waals surface area contributed by atoms with Crippen molar-refractivity contribution in [1.82, 2.24) is 5.32 Å². The maximum atomic E-state index is 12.2. The van der Waals surface area contributed by atoms with Crippen molar-refractivity contribution in [3.8, 4) is 11.1 Å². The normalized spacial score (nSPS) is 13.4. The molecule has 0 saturated heterocycles. The van der Waals surface area contributed by atoms with Crippen LogP contribution < -0.4 is 5.32 Å². The lowest BCUT2D eigenvalue weighted by Gasteiger charge is -2.11. The molecule has 1 amide bonds. The number of aliphatic hydroxyl groups excluding tert-OH is 1. The van der Waals surface area contributed by atoms with Gasteiger partial charge < -0.3 is 15.2 Å². The number of carbonyl (C=O) groups excluding carboxylic acids is 1.